The van der Waals surface area contributed by atoms with Gasteiger partial charge in [0.25, 0.3) is 0 Å². The highest BCUT2D eigenvalue weighted by Gasteiger charge is 2.74. The Kier molecular flexibility index (Phi) is 3.81. The van der Waals surface area contributed by atoms with E-state index >= 15 is 0 Å². The van der Waals surface area contributed by atoms with Gasteiger partial charge in [0.2, 0.25) is 17.7 Å². The number of Topliss-reactive ketones (excluding diaryl/α,β-unsaturated/α-hetero) is 1. The lowest BCUT2D eigenvalue weighted by molar-refractivity contribution is -0.135. The third-order valence-electron chi connectivity index (χ3n) is 7.49. The Balaban J connectivity index is 1.51. The zero-order chi connectivity index (χ0) is 22.4. The van der Waals surface area contributed by atoms with Crippen molar-refractivity contribution in [2.24, 2.45) is 11.8 Å². The Morgan fingerprint density at radius 3 is 2.56 bits per heavy atom. The topological polar surface area (TPSA) is 86.8 Å². The van der Waals surface area contributed by atoms with Crippen molar-refractivity contribution in [3.05, 3.63) is 59.4 Å². The van der Waals surface area contributed by atoms with Gasteiger partial charge in [0.05, 0.1) is 17.5 Å². The highest BCUT2D eigenvalue weighted by atomic mass is 19.1. The summed E-state index contributed by atoms with van der Waals surface area (Å²) in [5.41, 5.74) is 0.358. The molecule has 3 fully saturated rings. The minimum Gasteiger partial charge on any atom is -0.324 e. The van der Waals surface area contributed by atoms with Crippen LogP contribution in [0.5, 0.6) is 0 Å². The maximum Gasteiger partial charge on any atom is 0.250 e. The summed E-state index contributed by atoms with van der Waals surface area (Å²) in [4.78, 5) is 55.6. The van der Waals surface area contributed by atoms with Crippen molar-refractivity contribution in [2.45, 2.75) is 31.3 Å². The van der Waals surface area contributed by atoms with E-state index in [1.54, 1.807) is 24.3 Å². The minimum atomic E-state index is -1.40. The average Bonchev–Trinajstić information content (AvgIpc) is 3.47. The SMILES string of the molecule is CC(=O)c1ccc(N2C(=O)[C@@H]3[C@@H]4CCCN4[C@]4(C(=O)Nc5ccc(F)cc54)[C@H]3C2=O)cc1. The lowest BCUT2D eigenvalue weighted by Gasteiger charge is -2.36. The van der Waals surface area contributed by atoms with Crippen LogP contribution in [0.25, 0.3) is 0 Å². The summed E-state index contributed by atoms with van der Waals surface area (Å²) in [6.45, 7) is 2.01. The Morgan fingerprint density at radius 1 is 1.09 bits per heavy atom. The molecule has 8 heteroatoms. The van der Waals surface area contributed by atoms with Crippen LogP contribution in [0.1, 0.15) is 35.7 Å². The molecule has 6 rings (SSSR count). The molecule has 0 bridgehead atoms. The number of rotatable bonds is 2. The summed E-state index contributed by atoms with van der Waals surface area (Å²) in [6.07, 6.45) is 1.49. The first-order valence-electron chi connectivity index (χ1n) is 10.7. The van der Waals surface area contributed by atoms with Crippen LogP contribution in [0.2, 0.25) is 0 Å². The van der Waals surface area contributed by atoms with Crippen LogP contribution in [0.3, 0.4) is 0 Å². The summed E-state index contributed by atoms with van der Waals surface area (Å²) < 4.78 is 14.3. The number of hydrogen-bond donors (Lipinski definition) is 1. The Bertz CT molecular complexity index is 1230. The number of benzene rings is 2. The number of ketones is 1. The number of nitrogens with one attached hydrogen (secondary N) is 1. The molecule has 4 atom stereocenters. The molecule has 4 aliphatic rings. The minimum absolute atomic E-state index is 0.116. The van der Waals surface area contributed by atoms with E-state index in [4.69, 9.17) is 0 Å². The molecule has 2 aromatic carbocycles. The second-order valence-corrected chi connectivity index (χ2v) is 8.93. The molecule has 32 heavy (non-hydrogen) atoms. The summed E-state index contributed by atoms with van der Waals surface area (Å²) in [6, 6.07) is 10.1. The molecule has 0 radical (unpaired) electrons. The van der Waals surface area contributed by atoms with E-state index in [1.165, 1.54) is 25.1 Å². The third kappa shape index (κ3) is 2.17. The van der Waals surface area contributed by atoms with Gasteiger partial charge in [0.1, 0.15) is 11.4 Å². The molecule has 2 aromatic rings. The Labute approximate surface area is 183 Å². The van der Waals surface area contributed by atoms with Crippen molar-refractivity contribution in [3.63, 3.8) is 0 Å². The van der Waals surface area contributed by atoms with E-state index in [2.05, 4.69) is 5.32 Å². The quantitative estimate of drug-likeness (QED) is 0.581. The van der Waals surface area contributed by atoms with E-state index < -0.39 is 29.1 Å². The highest BCUT2D eigenvalue weighted by Crippen LogP contribution is 2.60. The second kappa shape index (κ2) is 6.32. The van der Waals surface area contributed by atoms with Crippen molar-refractivity contribution in [1.29, 1.82) is 0 Å². The van der Waals surface area contributed by atoms with Crippen LogP contribution < -0.4 is 10.2 Å². The van der Waals surface area contributed by atoms with Crippen LogP contribution in [-0.4, -0.2) is 41.0 Å². The smallest absolute Gasteiger partial charge is 0.250 e. The molecule has 0 aliphatic carbocycles. The number of fused-ring (bicyclic) bond motifs is 7. The molecule has 1 N–H and O–H groups in total. The zero-order valence-electron chi connectivity index (χ0n) is 17.3. The van der Waals surface area contributed by atoms with Gasteiger partial charge in [-0.2, -0.15) is 0 Å². The van der Waals surface area contributed by atoms with E-state index in [-0.39, 0.29) is 23.6 Å². The maximum atomic E-state index is 14.3. The number of hydrogen-bond acceptors (Lipinski definition) is 5. The van der Waals surface area contributed by atoms with Crippen LogP contribution >= 0.6 is 0 Å². The molecule has 7 nitrogen and oxygen atoms in total. The van der Waals surface area contributed by atoms with Gasteiger partial charge < -0.3 is 5.32 Å². The van der Waals surface area contributed by atoms with Gasteiger partial charge in [0.15, 0.2) is 5.78 Å². The Hall–Kier alpha value is -3.39. The first kappa shape index (κ1) is 19.3. The lowest BCUT2D eigenvalue weighted by Crippen LogP contribution is -2.54. The standard InChI is InChI=1S/C24H20FN3O4/c1-12(29)13-4-7-15(8-5-13)28-21(30)19-18-3-2-10-27(18)24(20(19)22(28)31)16-11-14(25)6-9-17(16)26-23(24)32/h4-9,11,18-20H,2-3,10H2,1H3,(H,26,32)/t18-,19+,20+,24-/m0/s1. The van der Waals surface area contributed by atoms with Crippen molar-refractivity contribution >= 4 is 34.9 Å². The molecule has 1 spiro atoms. The largest absolute Gasteiger partial charge is 0.324 e. The molecule has 4 heterocycles. The van der Waals surface area contributed by atoms with Gasteiger partial charge >= 0.3 is 0 Å². The van der Waals surface area contributed by atoms with Crippen LogP contribution in [0.15, 0.2) is 42.5 Å². The number of anilines is 2. The number of nitrogens with zero attached hydrogens (tertiary/aromatic N) is 2. The first-order valence-corrected chi connectivity index (χ1v) is 10.7. The van der Waals surface area contributed by atoms with Gasteiger partial charge in [-0.15, -0.1) is 0 Å². The zero-order valence-corrected chi connectivity index (χ0v) is 17.3. The van der Waals surface area contributed by atoms with Gasteiger partial charge in [-0.1, -0.05) is 0 Å². The maximum absolute atomic E-state index is 14.3. The van der Waals surface area contributed by atoms with Crippen molar-refractivity contribution in [3.8, 4) is 0 Å². The van der Waals surface area contributed by atoms with Gasteiger partial charge in [0, 0.05) is 22.9 Å². The number of carbonyl (C=O) groups excluding carboxylic acids is 4. The van der Waals surface area contributed by atoms with Gasteiger partial charge in [-0.3, -0.25) is 24.1 Å². The van der Waals surface area contributed by atoms with Crippen LogP contribution in [0.4, 0.5) is 15.8 Å². The van der Waals surface area contributed by atoms with Crippen LogP contribution in [0, 0.1) is 17.7 Å². The molecule has 4 aliphatic heterocycles. The van der Waals surface area contributed by atoms with Crippen molar-refractivity contribution < 1.29 is 23.6 Å². The summed E-state index contributed by atoms with van der Waals surface area (Å²) in [7, 11) is 0. The fraction of sp³-hybridized carbons (Fsp3) is 0.333. The van der Waals surface area contributed by atoms with Gasteiger partial charge in [-0.05, 0) is 68.8 Å². The summed E-state index contributed by atoms with van der Waals surface area (Å²) in [5, 5.41) is 2.83. The fourth-order valence-electron chi connectivity index (χ4n) is 6.27. The number of carbonyl (C=O) groups is 4. The Morgan fingerprint density at radius 2 is 1.84 bits per heavy atom. The van der Waals surface area contributed by atoms with Crippen LogP contribution in [-0.2, 0) is 19.9 Å². The molecule has 3 amide bonds. The molecule has 0 saturated carbocycles. The number of imide groups is 1. The average molecular weight is 433 g/mol. The number of amides is 3. The van der Waals surface area contributed by atoms with Crippen molar-refractivity contribution in [2.75, 3.05) is 16.8 Å². The second-order valence-electron chi connectivity index (χ2n) is 8.93. The normalized spacial score (nSPS) is 30.6. The molecule has 3 saturated heterocycles. The third-order valence-corrected chi connectivity index (χ3v) is 7.49. The highest BCUT2D eigenvalue weighted by molar-refractivity contribution is 6.26. The monoisotopic (exact) mass is 433 g/mol. The van der Waals surface area contributed by atoms with Crippen molar-refractivity contribution in [1.82, 2.24) is 4.90 Å². The summed E-state index contributed by atoms with van der Waals surface area (Å²) >= 11 is 0. The van der Waals surface area contributed by atoms with Gasteiger partial charge in [-0.25, -0.2) is 9.29 Å². The van der Waals surface area contributed by atoms with E-state index in [0.29, 0.717) is 35.5 Å². The lowest BCUT2D eigenvalue weighted by atomic mass is 9.75. The number of halogens is 1. The fourth-order valence-corrected chi connectivity index (χ4v) is 6.27. The molecular formula is C24H20FN3O4. The molecule has 0 aromatic heterocycles. The summed E-state index contributed by atoms with van der Waals surface area (Å²) in [5.74, 6) is -3.42. The predicted octanol–water partition coefficient (Wildman–Crippen LogP) is 2.46. The van der Waals surface area contributed by atoms with E-state index in [1.807, 2.05) is 4.90 Å². The molecule has 0 unspecified atom stereocenters. The molecule has 162 valence electrons. The predicted molar refractivity (Wildman–Crippen MR) is 112 cm³/mol. The van der Waals surface area contributed by atoms with E-state index in [0.717, 1.165) is 11.3 Å². The first-order chi connectivity index (χ1) is 15.4. The molecular weight excluding hydrogens is 413 g/mol. The van der Waals surface area contributed by atoms with E-state index in [9.17, 15) is 23.6 Å².